The molecule has 1 rings (SSSR count). The lowest BCUT2D eigenvalue weighted by molar-refractivity contribution is 0.165. The number of rotatable bonds is 5. The average molecular weight is 172 g/mol. The van der Waals surface area contributed by atoms with Gasteiger partial charge in [0.2, 0.25) is 0 Å². The lowest BCUT2D eigenvalue weighted by Gasteiger charge is -2.22. The molecule has 0 atom stereocenters. The van der Waals surface area contributed by atoms with Gasteiger partial charge in [-0.2, -0.15) is 0 Å². The van der Waals surface area contributed by atoms with Gasteiger partial charge in [-0.1, -0.05) is 19.3 Å². The summed E-state index contributed by atoms with van der Waals surface area (Å²) >= 11 is 0. The van der Waals surface area contributed by atoms with Gasteiger partial charge in [-0.3, -0.25) is 0 Å². The Kier molecular flexibility index (Phi) is 5.32. The van der Waals surface area contributed by atoms with E-state index in [4.69, 9.17) is 5.21 Å². The Bertz CT molecular complexity index is 103. The molecule has 0 aromatic carbocycles. The Hall–Kier alpha value is -0.120. The van der Waals surface area contributed by atoms with Gasteiger partial charge in [0.05, 0.1) is 0 Å². The molecule has 0 aromatic heterocycles. The summed E-state index contributed by atoms with van der Waals surface area (Å²) in [7, 11) is 0. The zero-order valence-corrected chi connectivity index (χ0v) is 7.68. The summed E-state index contributed by atoms with van der Waals surface area (Å²) in [5.74, 6) is 0. The van der Waals surface area contributed by atoms with Crippen molar-refractivity contribution in [1.82, 2.24) is 10.8 Å². The summed E-state index contributed by atoms with van der Waals surface area (Å²) < 4.78 is 0. The maximum atomic E-state index is 8.33. The molecule has 0 amide bonds. The SMILES string of the molecule is ONCCCNC1CCCCC1. The van der Waals surface area contributed by atoms with E-state index in [1.54, 1.807) is 0 Å². The summed E-state index contributed by atoms with van der Waals surface area (Å²) in [4.78, 5) is 0. The van der Waals surface area contributed by atoms with Gasteiger partial charge >= 0.3 is 0 Å². The first kappa shape index (κ1) is 9.96. The lowest BCUT2D eigenvalue weighted by Crippen LogP contribution is -2.32. The Morgan fingerprint density at radius 2 is 1.83 bits per heavy atom. The molecule has 1 fully saturated rings. The van der Waals surface area contributed by atoms with Crippen LogP contribution in [0.4, 0.5) is 0 Å². The van der Waals surface area contributed by atoms with E-state index in [0.717, 1.165) is 19.0 Å². The fourth-order valence-electron chi connectivity index (χ4n) is 1.78. The van der Waals surface area contributed by atoms with Crippen LogP contribution in [0.3, 0.4) is 0 Å². The predicted octanol–water partition coefficient (Wildman–Crippen LogP) is 1.28. The molecule has 0 saturated heterocycles. The summed E-state index contributed by atoms with van der Waals surface area (Å²) in [6, 6.07) is 0.748. The van der Waals surface area contributed by atoms with Crippen molar-refractivity contribution in [2.75, 3.05) is 13.1 Å². The summed E-state index contributed by atoms with van der Waals surface area (Å²) in [5, 5.41) is 11.8. The molecule has 0 unspecified atom stereocenters. The molecular formula is C9H20N2O. The van der Waals surface area contributed by atoms with Gasteiger partial charge in [0.15, 0.2) is 0 Å². The first-order valence-corrected chi connectivity index (χ1v) is 5.04. The Labute approximate surface area is 74.5 Å². The molecule has 0 spiro atoms. The fraction of sp³-hybridized carbons (Fsp3) is 1.00. The predicted molar refractivity (Wildman–Crippen MR) is 49.3 cm³/mol. The number of hydroxylamine groups is 1. The second-order valence-electron chi connectivity index (χ2n) is 3.55. The molecule has 0 aliphatic heterocycles. The van der Waals surface area contributed by atoms with Gasteiger partial charge in [-0.05, 0) is 25.8 Å². The average Bonchev–Trinajstić information content (AvgIpc) is 2.14. The zero-order valence-electron chi connectivity index (χ0n) is 7.68. The molecule has 1 aliphatic carbocycles. The van der Waals surface area contributed by atoms with Crippen molar-refractivity contribution in [3.05, 3.63) is 0 Å². The van der Waals surface area contributed by atoms with E-state index < -0.39 is 0 Å². The summed E-state index contributed by atoms with van der Waals surface area (Å²) in [6.07, 6.45) is 7.87. The van der Waals surface area contributed by atoms with Crippen LogP contribution in [0, 0.1) is 0 Å². The number of hydrogen-bond donors (Lipinski definition) is 3. The molecule has 0 aromatic rings. The maximum Gasteiger partial charge on any atom is 0.0219 e. The molecular weight excluding hydrogens is 152 g/mol. The van der Waals surface area contributed by atoms with Crippen LogP contribution >= 0.6 is 0 Å². The highest BCUT2D eigenvalue weighted by molar-refractivity contribution is 4.71. The Balaban J connectivity index is 1.91. The van der Waals surface area contributed by atoms with Crippen molar-refractivity contribution >= 4 is 0 Å². The Morgan fingerprint density at radius 3 is 2.50 bits per heavy atom. The molecule has 1 aliphatic rings. The third kappa shape index (κ3) is 4.04. The fourth-order valence-corrected chi connectivity index (χ4v) is 1.78. The third-order valence-corrected chi connectivity index (χ3v) is 2.50. The van der Waals surface area contributed by atoms with Crippen molar-refractivity contribution in [2.24, 2.45) is 0 Å². The van der Waals surface area contributed by atoms with Crippen LogP contribution in [0.25, 0.3) is 0 Å². The van der Waals surface area contributed by atoms with E-state index in [-0.39, 0.29) is 0 Å². The van der Waals surface area contributed by atoms with Crippen molar-refractivity contribution in [1.29, 1.82) is 0 Å². The summed E-state index contributed by atoms with van der Waals surface area (Å²) in [5.41, 5.74) is 2.17. The molecule has 1 saturated carbocycles. The van der Waals surface area contributed by atoms with Gasteiger partial charge in [0, 0.05) is 12.6 Å². The van der Waals surface area contributed by atoms with Crippen LogP contribution in [-0.4, -0.2) is 24.3 Å². The van der Waals surface area contributed by atoms with Gasteiger partial charge in [-0.15, -0.1) is 0 Å². The van der Waals surface area contributed by atoms with Crippen LogP contribution in [0.1, 0.15) is 38.5 Å². The molecule has 0 heterocycles. The highest BCUT2D eigenvalue weighted by Crippen LogP contribution is 2.16. The normalized spacial score (nSPS) is 19.8. The van der Waals surface area contributed by atoms with Gasteiger partial charge in [0.25, 0.3) is 0 Å². The van der Waals surface area contributed by atoms with Crippen LogP contribution in [0.2, 0.25) is 0 Å². The molecule has 3 heteroatoms. The highest BCUT2D eigenvalue weighted by atomic mass is 16.5. The van der Waals surface area contributed by atoms with Gasteiger partial charge in [-0.25, -0.2) is 5.48 Å². The van der Waals surface area contributed by atoms with E-state index in [9.17, 15) is 0 Å². The minimum atomic E-state index is 0.694. The van der Waals surface area contributed by atoms with Crippen LogP contribution in [-0.2, 0) is 0 Å². The minimum Gasteiger partial charge on any atom is -0.317 e. The zero-order chi connectivity index (χ0) is 8.65. The molecule has 3 N–H and O–H groups in total. The molecule has 72 valence electrons. The van der Waals surface area contributed by atoms with E-state index in [0.29, 0.717) is 6.54 Å². The van der Waals surface area contributed by atoms with Gasteiger partial charge in [0.1, 0.15) is 0 Å². The van der Waals surface area contributed by atoms with Crippen molar-refractivity contribution in [3.8, 4) is 0 Å². The van der Waals surface area contributed by atoms with E-state index >= 15 is 0 Å². The Morgan fingerprint density at radius 1 is 1.08 bits per heavy atom. The largest absolute Gasteiger partial charge is 0.317 e. The number of nitrogens with one attached hydrogen (secondary N) is 2. The second kappa shape index (κ2) is 6.40. The van der Waals surface area contributed by atoms with E-state index in [1.807, 2.05) is 0 Å². The standard InChI is InChI=1S/C9H20N2O/c12-11-8-4-7-10-9-5-2-1-3-6-9/h9-12H,1-8H2. The van der Waals surface area contributed by atoms with E-state index in [2.05, 4.69) is 10.8 Å². The number of hydrogen-bond acceptors (Lipinski definition) is 3. The quantitative estimate of drug-likeness (QED) is 0.432. The van der Waals surface area contributed by atoms with Crippen LogP contribution in [0.5, 0.6) is 0 Å². The first-order chi connectivity index (χ1) is 5.93. The van der Waals surface area contributed by atoms with Crippen LogP contribution in [0.15, 0.2) is 0 Å². The van der Waals surface area contributed by atoms with Crippen molar-refractivity contribution in [2.45, 2.75) is 44.6 Å². The summed E-state index contributed by atoms with van der Waals surface area (Å²) in [6.45, 7) is 1.72. The lowest BCUT2D eigenvalue weighted by atomic mass is 9.95. The minimum absolute atomic E-state index is 0.694. The maximum absolute atomic E-state index is 8.33. The molecule has 12 heavy (non-hydrogen) atoms. The van der Waals surface area contributed by atoms with Gasteiger partial charge < -0.3 is 10.5 Å². The monoisotopic (exact) mass is 172 g/mol. The topological polar surface area (TPSA) is 44.3 Å². The third-order valence-electron chi connectivity index (χ3n) is 2.50. The molecule has 0 radical (unpaired) electrons. The van der Waals surface area contributed by atoms with E-state index in [1.165, 1.54) is 32.1 Å². The smallest absolute Gasteiger partial charge is 0.0219 e. The highest BCUT2D eigenvalue weighted by Gasteiger charge is 2.11. The van der Waals surface area contributed by atoms with Crippen molar-refractivity contribution in [3.63, 3.8) is 0 Å². The molecule has 0 bridgehead atoms. The molecule has 3 nitrogen and oxygen atoms in total. The second-order valence-corrected chi connectivity index (χ2v) is 3.55. The van der Waals surface area contributed by atoms with Crippen LogP contribution < -0.4 is 10.8 Å². The van der Waals surface area contributed by atoms with Crippen molar-refractivity contribution < 1.29 is 5.21 Å². The first-order valence-electron chi connectivity index (χ1n) is 5.04.